The van der Waals surface area contributed by atoms with Crippen molar-refractivity contribution in [2.24, 2.45) is 5.84 Å². The van der Waals surface area contributed by atoms with Crippen LogP contribution in [-0.4, -0.2) is 7.11 Å². The third-order valence-electron chi connectivity index (χ3n) is 2.85. The van der Waals surface area contributed by atoms with Crippen LogP contribution in [0.15, 0.2) is 34.9 Å². The van der Waals surface area contributed by atoms with Gasteiger partial charge in [0.05, 0.1) is 13.4 Å². The highest BCUT2D eigenvalue weighted by molar-refractivity contribution is 5.37. The molecule has 96 valence electrons. The molecule has 0 spiro atoms. The fraction of sp³-hybridized carbons (Fsp3) is 0.231. The molecule has 0 saturated carbocycles. The van der Waals surface area contributed by atoms with Crippen molar-refractivity contribution in [3.63, 3.8) is 0 Å². The van der Waals surface area contributed by atoms with E-state index in [0.29, 0.717) is 11.3 Å². The van der Waals surface area contributed by atoms with Gasteiger partial charge in [-0.2, -0.15) is 0 Å². The number of hydrogen-bond donors (Lipinski definition) is 2. The summed E-state index contributed by atoms with van der Waals surface area (Å²) in [6, 6.07) is 6.17. The average molecular weight is 250 g/mol. The van der Waals surface area contributed by atoms with Crippen molar-refractivity contribution in [3.05, 3.63) is 53.2 Å². The molecule has 4 nitrogen and oxygen atoms in total. The lowest BCUT2D eigenvalue weighted by atomic mass is 10.0. The molecule has 3 N–H and O–H groups in total. The van der Waals surface area contributed by atoms with E-state index in [0.717, 1.165) is 5.56 Å². The highest BCUT2D eigenvalue weighted by Gasteiger charge is 2.22. The Morgan fingerprint density at radius 1 is 1.39 bits per heavy atom. The number of hydrogen-bond acceptors (Lipinski definition) is 4. The quantitative estimate of drug-likeness (QED) is 0.645. The highest BCUT2D eigenvalue weighted by Crippen LogP contribution is 2.30. The summed E-state index contributed by atoms with van der Waals surface area (Å²) in [5.74, 6) is 5.83. The molecule has 1 atom stereocenters. The minimum atomic E-state index is -0.546. The predicted octanol–water partition coefficient (Wildman–Crippen LogP) is 2.29. The van der Waals surface area contributed by atoms with Crippen LogP contribution in [0.4, 0.5) is 4.39 Å². The summed E-state index contributed by atoms with van der Waals surface area (Å²) in [7, 11) is 1.42. The Bertz CT molecular complexity index is 540. The molecule has 0 aliphatic carbocycles. The first-order valence-electron chi connectivity index (χ1n) is 5.51. The van der Waals surface area contributed by atoms with E-state index in [2.05, 4.69) is 5.43 Å². The number of furan rings is 1. The van der Waals surface area contributed by atoms with Crippen LogP contribution in [0.25, 0.3) is 0 Å². The van der Waals surface area contributed by atoms with E-state index in [1.807, 2.05) is 6.92 Å². The van der Waals surface area contributed by atoms with Crippen LogP contribution in [0, 0.1) is 12.7 Å². The molecule has 0 aliphatic rings. The van der Waals surface area contributed by atoms with Crippen LogP contribution in [-0.2, 0) is 0 Å². The Labute approximate surface area is 105 Å². The van der Waals surface area contributed by atoms with E-state index < -0.39 is 11.9 Å². The first-order chi connectivity index (χ1) is 8.69. The maximum Gasteiger partial charge on any atom is 0.170 e. The van der Waals surface area contributed by atoms with Gasteiger partial charge in [-0.1, -0.05) is 12.1 Å². The van der Waals surface area contributed by atoms with Gasteiger partial charge >= 0.3 is 0 Å². The SMILES string of the molecule is COc1cccc(C(NN)c2occc2C)c1F. The molecule has 0 aliphatic heterocycles. The third-order valence-corrected chi connectivity index (χ3v) is 2.85. The van der Waals surface area contributed by atoms with Crippen molar-refractivity contribution >= 4 is 0 Å². The summed E-state index contributed by atoms with van der Waals surface area (Å²) in [5.41, 5.74) is 3.85. The number of nitrogens with two attached hydrogens (primary N) is 1. The lowest BCUT2D eigenvalue weighted by Crippen LogP contribution is -2.29. The van der Waals surface area contributed by atoms with E-state index in [9.17, 15) is 4.39 Å². The molecule has 1 unspecified atom stereocenters. The van der Waals surface area contributed by atoms with Gasteiger partial charge < -0.3 is 9.15 Å². The van der Waals surface area contributed by atoms with Gasteiger partial charge in [0.25, 0.3) is 0 Å². The molecule has 1 heterocycles. The number of aryl methyl sites for hydroxylation is 1. The maximum absolute atomic E-state index is 14.2. The van der Waals surface area contributed by atoms with Gasteiger partial charge in [-0.15, -0.1) is 0 Å². The third kappa shape index (κ3) is 2.10. The minimum Gasteiger partial charge on any atom is -0.494 e. The molecule has 5 heteroatoms. The number of benzene rings is 1. The number of halogens is 1. The van der Waals surface area contributed by atoms with Gasteiger partial charge in [-0.3, -0.25) is 5.84 Å². The topological polar surface area (TPSA) is 60.4 Å². The van der Waals surface area contributed by atoms with E-state index in [-0.39, 0.29) is 5.75 Å². The Balaban J connectivity index is 2.49. The Kier molecular flexibility index (Phi) is 3.64. The zero-order valence-electron chi connectivity index (χ0n) is 10.2. The number of ether oxygens (including phenoxy) is 1. The van der Waals surface area contributed by atoms with E-state index in [4.69, 9.17) is 15.0 Å². The second kappa shape index (κ2) is 5.20. The molecule has 0 radical (unpaired) electrons. The van der Waals surface area contributed by atoms with Crippen molar-refractivity contribution in [3.8, 4) is 5.75 Å². The molecule has 2 rings (SSSR count). The molecule has 0 fully saturated rings. The molecule has 1 aromatic carbocycles. The molecule has 1 aromatic heterocycles. The Morgan fingerprint density at radius 3 is 2.72 bits per heavy atom. The second-order valence-corrected chi connectivity index (χ2v) is 3.93. The summed E-state index contributed by atoms with van der Waals surface area (Å²) in [6.07, 6.45) is 1.55. The first-order valence-corrected chi connectivity index (χ1v) is 5.51. The van der Waals surface area contributed by atoms with Crippen LogP contribution < -0.4 is 16.0 Å². The van der Waals surface area contributed by atoms with Gasteiger partial charge in [-0.05, 0) is 24.6 Å². The number of nitrogens with one attached hydrogen (secondary N) is 1. The number of methoxy groups -OCH3 is 1. The zero-order chi connectivity index (χ0) is 13.1. The highest BCUT2D eigenvalue weighted by atomic mass is 19.1. The van der Waals surface area contributed by atoms with Crippen LogP contribution in [0.5, 0.6) is 5.75 Å². The van der Waals surface area contributed by atoms with Gasteiger partial charge in [0.1, 0.15) is 11.8 Å². The van der Waals surface area contributed by atoms with Gasteiger partial charge in [0.15, 0.2) is 11.6 Å². The van der Waals surface area contributed by atoms with Gasteiger partial charge in [-0.25, -0.2) is 9.82 Å². The Hall–Kier alpha value is -1.85. The zero-order valence-corrected chi connectivity index (χ0v) is 10.2. The van der Waals surface area contributed by atoms with Crippen LogP contribution >= 0.6 is 0 Å². The summed E-state index contributed by atoms with van der Waals surface area (Å²) in [5, 5.41) is 0. The van der Waals surface area contributed by atoms with Crippen molar-refractivity contribution in [1.82, 2.24) is 5.43 Å². The van der Waals surface area contributed by atoms with Gasteiger partial charge in [0.2, 0.25) is 0 Å². The van der Waals surface area contributed by atoms with Crippen LogP contribution in [0.3, 0.4) is 0 Å². The molecule has 0 bridgehead atoms. The monoisotopic (exact) mass is 250 g/mol. The smallest absolute Gasteiger partial charge is 0.170 e. The van der Waals surface area contributed by atoms with Gasteiger partial charge in [0, 0.05) is 5.56 Å². The van der Waals surface area contributed by atoms with Crippen molar-refractivity contribution in [2.45, 2.75) is 13.0 Å². The second-order valence-electron chi connectivity index (χ2n) is 3.93. The molecule has 18 heavy (non-hydrogen) atoms. The molecular weight excluding hydrogens is 235 g/mol. The average Bonchev–Trinajstić information content (AvgIpc) is 2.79. The van der Waals surface area contributed by atoms with Crippen molar-refractivity contribution in [1.29, 1.82) is 0 Å². The molecular formula is C13H15FN2O2. The minimum absolute atomic E-state index is 0.178. The van der Waals surface area contributed by atoms with Crippen molar-refractivity contribution < 1.29 is 13.5 Å². The first kappa shape index (κ1) is 12.6. The molecule has 2 aromatic rings. The standard InChI is InChI=1S/C13H15FN2O2/c1-8-6-7-18-13(8)12(16-15)9-4-3-5-10(17-2)11(9)14/h3-7,12,16H,15H2,1-2H3. The lowest BCUT2D eigenvalue weighted by molar-refractivity contribution is 0.377. The van der Waals surface area contributed by atoms with Crippen molar-refractivity contribution in [2.75, 3.05) is 7.11 Å². The summed E-state index contributed by atoms with van der Waals surface area (Å²) < 4.78 is 24.5. The fourth-order valence-electron chi connectivity index (χ4n) is 1.90. The number of rotatable bonds is 4. The summed E-state index contributed by atoms with van der Waals surface area (Å²) >= 11 is 0. The molecule has 0 amide bonds. The van der Waals surface area contributed by atoms with E-state index >= 15 is 0 Å². The fourth-order valence-corrected chi connectivity index (χ4v) is 1.90. The van der Waals surface area contributed by atoms with Crippen LogP contribution in [0.1, 0.15) is 22.9 Å². The maximum atomic E-state index is 14.2. The predicted molar refractivity (Wildman–Crippen MR) is 65.6 cm³/mol. The number of hydrazine groups is 1. The van der Waals surface area contributed by atoms with E-state index in [1.54, 1.807) is 30.5 Å². The summed E-state index contributed by atoms with van der Waals surface area (Å²) in [6.45, 7) is 1.88. The summed E-state index contributed by atoms with van der Waals surface area (Å²) in [4.78, 5) is 0. The Morgan fingerprint density at radius 2 is 2.17 bits per heavy atom. The lowest BCUT2D eigenvalue weighted by Gasteiger charge is -2.17. The van der Waals surface area contributed by atoms with Crippen LogP contribution in [0.2, 0.25) is 0 Å². The molecule has 0 saturated heterocycles. The van der Waals surface area contributed by atoms with E-state index in [1.165, 1.54) is 7.11 Å². The normalized spacial score (nSPS) is 12.4. The largest absolute Gasteiger partial charge is 0.494 e.